The Morgan fingerprint density at radius 2 is 2.10 bits per heavy atom. The number of aryl methyl sites for hydroxylation is 3. The first-order chi connectivity index (χ1) is 9.43. The predicted molar refractivity (Wildman–Crippen MR) is 88.8 cm³/mol. The second-order valence-corrected chi connectivity index (χ2v) is 6.04. The molecular formula is C14H18BrClN4. The van der Waals surface area contributed by atoms with Crippen LogP contribution in [0.5, 0.6) is 0 Å². The summed E-state index contributed by atoms with van der Waals surface area (Å²) in [5, 5.41) is 8.49. The Morgan fingerprint density at radius 3 is 2.75 bits per heavy atom. The van der Waals surface area contributed by atoms with E-state index in [4.69, 9.17) is 17.3 Å². The van der Waals surface area contributed by atoms with E-state index >= 15 is 0 Å². The number of nitrogens with two attached hydrogens (primary N) is 1. The number of nitrogen functional groups attached to an aromatic ring is 1. The average Bonchev–Trinajstić information content (AvgIpc) is 2.64. The third kappa shape index (κ3) is 2.94. The number of rotatable bonds is 4. The molecule has 0 aliphatic carbocycles. The maximum atomic E-state index is 6.18. The van der Waals surface area contributed by atoms with Crippen molar-refractivity contribution in [1.29, 1.82) is 0 Å². The lowest BCUT2D eigenvalue weighted by Crippen LogP contribution is -2.06. The topological polar surface area (TPSA) is 55.9 Å². The summed E-state index contributed by atoms with van der Waals surface area (Å²) < 4.78 is 2.84. The van der Waals surface area contributed by atoms with Crippen molar-refractivity contribution in [2.45, 2.75) is 33.7 Å². The highest BCUT2D eigenvalue weighted by molar-refractivity contribution is 9.10. The number of benzene rings is 1. The van der Waals surface area contributed by atoms with Crippen LogP contribution in [0.15, 0.2) is 16.6 Å². The normalized spacial score (nSPS) is 10.8. The number of anilines is 3. The highest BCUT2D eigenvalue weighted by atomic mass is 79.9. The van der Waals surface area contributed by atoms with E-state index in [0.29, 0.717) is 10.7 Å². The van der Waals surface area contributed by atoms with Crippen LogP contribution in [0.4, 0.5) is 17.2 Å². The van der Waals surface area contributed by atoms with Crippen molar-refractivity contribution in [3.05, 3.63) is 32.9 Å². The van der Waals surface area contributed by atoms with Gasteiger partial charge < -0.3 is 11.1 Å². The van der Waals surface area contributed by atoms with Crippen LogP contribution < -0.4 is 11.1 Å². The minimum Gasteiger partial charge on any atom is -0.394 e. The molecule has 6 heteroatoms. The van der Waals surface area contributed by atoms with Gasteiger partial charge in [0.15, 0.2) is 5.82 Å². The quantitative estimate of drug-likeness (QED) is 0.837. The van der Waals surface area contributed by atoms with Crippen LogP contribution in [0, 0.1) is 13.8 Å². The molecule has 0 bridgehead atoms. The molecule has 0 aliphatic heterocycles. The van der Waals surface area contributed by atoms with E-state index in [1.807, 2.05) is 30.7 Å². The smallest absolute Gasteiger partial charge is 0.152 e. The zero-order chi connectivity index (χ0) is 14.9. The van der Waals surface area contributed by atoms with E-state index in [-0.39, 0.29) is 0 Å². The SMILES string of the molecule is CCCn1nc(C)c(N)c1Nc1cc(Cl)c(C)cc1Br. The van der Waals surface area contributed by atoms with Gasteiger partial charge in [-0.05, 0) is 53.9 Å². The molecule has 3 N–H and O–H groups in total. The van der Waals surface area contributed by atoms with Crippen molar-refractivity contribution in [2.75, 3.05) is 11.1 Å². The summed E-state index contributed by atoms with van der Waals surface area (Å²) in [7, 11) is 0. The average molecular weight is 358 g/mol. The summed E-state index contributed by atoms with van der Waals surface area (Å²) in [5.41, 5.74) is 9.51. The van der Waals surface area contributed by atoms with Gasteiger partial charge in [-0.3, -0.25) is 0 Å². The molecule has 0 saturated heterocycles. The number of aromatic nitrogens is 2. The number of halogens is 2. The van der Waals surface area contributed by atoms with E-state index in [1.165, 1.54) is 0 Å². The fourth-order valence-electron chi connectivity index (χ4n) is 1.97. The van der Waals surface area contributed by atoms with Gasteiger partial charge in [0.25, 0.3) is 0 Å². The molecule has 1 aromatic heterocycles. The predicted octanol–water partition coefficient (Wildman–Crippen LogP) is 4.65. The van der Waals surface area contributed by atoms with Gasteiger partial charge in [-0.2, -0.15) is 5.10 Å². The third-order valence-corrected chi connectivity index (χ3v) is 4.17. The highest BCUT2D eigenvalue weighted by Gasteiger charge is 2.14. The molecule has 0 radical (unpaired) electrons. The largest absolute Gasteiger partial charge is 0.394 e. The number of nitrogens with zero attached hydrogens (tertiary/aromatic N) is 2. The zero-order valence-electron chi connectivity index (χ0n) is 11.8. The molecule has 2 rings (SSSR count). The van der Waals surface area contributed by atoms with Gasteiger partial charge in [0.2, 0.25) is 0 Å². The van der Waals surface area contributed by atoms with Crippen LogP contribution in [0.2, 0.25) is 5.02 Å². The van der Waals surface area contributed by atoms with Crippen LogP contribution in [0.25, 0.3) is 0 Å². The van der Waals surface area contributed by atoms with Crippen molar-refractivity contribution in [3.8, 4) is 0 Å². The summed E-state index contributed by atoms with van der Waals surface area (Å²) in [6.07, 6.45) is 0.991. The van der Waals surface area contributed by atoms with E-state index in [0.717, 1.165) is 40.2 Å². The van der Waals surface area contributed by atoms with Gasteiger partial charge in [-0.15, -0.1) is 0 Å². The lowest BCUT2D eigenvalue weighted by atomic mass is 10.2. The highest BCUT2D eigenvalue weighted by Crippen LogP contribution is 2.33. The Kier molecular flexibility index (Phi) is 4.60. The summed E-state index contributed by atoms with van der Waals surface area (Å²) >= 11 is 9.73. The maximum absolute atomic E-state index is 6.18. The molecule has 0 spiro atoms. The van der Waals surface area contributed by atoms with Crippen molar-refractivity contribution in [3.63, 3.8) is 0 Å². The zero-order valence-corrected chi connectivity index (χ0v) is 14.1. The van der Waals surface area contributed by atoms with Gasteiger partial charge in [-0.1, -0.05) is 18.5 Å². The number of hydrogen-bond acceptors (Lipinski definition) is 3. The Labute approximate surface area is 132 Å². The molecule has 0 fully saturated rings. The van der Waals surface area contributed by atoms with Gasteiger partial charge in [-0.25, -0.2) is 4.68 Å². The molecule has 1 aromatic carbocycles. The van der Waals surface area contributed by atoms with E-state index < -0.39 is 0 Å². The minimum atomic E-state index is 0.669. The Balaban J connectivity index is 2.42. The summed E-state index contributed by atoms with van der Waals surface area (Å²) in [5.74, 6) is 0.810. The van der Waals surface area contributed by atoms with E-state index in [9.17, 15) is 0 Å². The summed E-state index contributed by atoms with van der Waals surface area (Å²) in [6, 6.07) is 3.87. The van der Waals surface area contributed by atoms with Gasteiger partial charge in [0, 0.05) is 16.0 Å². The minimum absolute atomic E-state index is 0.669. The first kappa shape index (κ1) is 15.2. The van der Waals surface area contributed by atoms with Crippen LogP contribution in [-0.4, -0.2) is 9.78 Å². The Bertz CT molecular complexity index is 637. The van der Waals surface area contributed by atoms with Crippen LogP contribution in [0.1, 0.15) is 24.6 Å². The van der Waals surface area contributed by atoms with Crippen LogP contribution in [-0.2, 0) is 6.54 Å². The lowest BCUT2D eigenvalue weighted by Gasteiger charge is -2.13. The van der Waals surface area contributed by atoms with Crippen molar-refractivity contribution >= 4 is 44.7 Å². The molecule has 20 heavy (non-hydrogen) atoms. The summed E-state index contributed by atoms with van der Waals surface area (Å²) in [4.78, 5) is 0. The molecule has 0 atom stereocenters. The molecule has 0 unspecified atom stereocenters. The maximum Gasteiger partial charge on any atom is 0.152 e. The molecule has 0 amide bonds. The number of hydrogen-bond donors (Lipinski definition) is 2. The van der Waals surface area contributed by atoms with Gasteiger partial charge >= 0.3 is 0 Å². The molecule has 0 saturated carbocycles. The molecule has 4 nitrogen and oxygen atoms in total. The molecule has 2 aromatic rings. The second-order valence-electron chi connectivity index (χ2n) is 4.78. The molecular weight excluding hydrogens is 340 g/mol. The standard InChI is InChI=1S/C14H18BrClN4/c1-4-5-20-14(13(17)9(3)19-20)18-12-7-11(16)8(2)6-10(12)15/h6-7,18H,4-5,17H2,1-3H3. The molecule has 108 valence electrons. The second kappa shape index (κ2) is 6.06. The third-order valence-electron chi connectivity index (χ3n) is 3.11. The fourth-order valence-corrected chi connectivity index (χ4v) is 2.69. The Morgan fingerprint density at radius 1 is 1.40 bits per heavy atom. The number of nitrogens with one attached hydrogen (secondary N) is 1. The van der Waals surface area contributed by atoms with E-state index in [1.54, 1.807) is 0 Å². The molecule has 0 aliphatic rings. The first-order valence-electron chi connectivity index (χ1n) is 6.49. The molecule has 1 heterocycles. The monoisotopic (exact) mass is 356 g/mol. The first-order valence-corrected chi connectivity index (χ1v) is 7.66. The van der Waals surface area contributed by atoms with Crippen molar-refractivity contribution < 1.29 is 0 Å². The van der Waals surface area contributed by atoms with Crippen molar-refractivity contribution in [1.82, 2.24) is 9.78 Å². The Hall–Kier alpha value is -1.20. The van der Waals surface area contributed by atoms with E-state index in [2.05, 4.69) is 33.3 Å². The van der Waals surface area contributed by atoms with Crippen molar-refractivity contribution in [2.24, 2.45) is 0 Å². The van der Waals surface area contributed by atoms with Crippen LogP contribution in [0.3, 0.4) is 0 Å². The lowest BCUT2D eigenvalue weighted by molar-refractivity contribution is 0.605. The fraction of sp³-hybridized carbons (Fsp3) is 0.357. The van der Waals surface area contributed by atoms with Gasteiger partial charge in [0.1, 0.15) is 0 Å². The summed E-state index contributed by atoms with van der Waals surface area (Å²) in [6.45, 7) is 6.80. The van der Waals surface area contributed by atoms with Gasteiger partial charge in [0.05, 0.1) is 17.1 Å². The van der Waals surface area contributed by atoms with Crippen LogP contribution >= 0.6 is 27.5 Å².